The van der Waals surface area contributed by atoms with E-state index in [1.54, 1.807) is 16.4 Å². The summed E-state index contributed by atoms with van der Waals surface area (Å²) >= 11 is 1.31. The van der Waals surface area contributed by atoms with Gasteiger partial charge in [0.25, 0.3) is 0 Å². The zero-order valence-electron chi connectivity index (χ0n) is 19.1. The lowest BCUT2D eigenvalue weighted by Crippen LogP contribution is -2.27. The number of hydrogen-bond acceptors (Lipinski definition) is 6. The average molecular weight is 443 g/mol. The number of nitriles is 1. The van der Waals surface area contributed by atoms with E-state index in [4.69, 9.17) is 4.74 Å². The molecular weight excluding hydrogens is 412 g/mol. The molecule has 0 aromatic carbocycles. The van der Waals surface area contributed by atoms with Gasteiger partial charge >= 0.3 is 5.97 Å². The molecule has 0 N–H and O–H groups in total. The van der Waals surface area contributed by atoms with Crippen LogP contribution in [0.4, 0.5) is 5.13 Å². The van der Waals surface area contributed by atoms with Gasteiger partial charge in [-0.15, -0.1) is 11.3 Å². The van der Waals surface area contributed by atoms with Crippen molar-refractivity contribution in [1.82, 2.24) is 9.55 Å². The van der Waals surface area contributed by atoms with Gasteiger partial charge in [-0.2, -0.15) is 5.26 Å². The van der Waals surface area contributed by atoms with Crippen molar-refractivity contribution in [3.8, 4) is 6.07 Å². The molecule has 0 unspecified atom stereocenters. The fourth-order valence-corrected chi connectivity index (χ4v) is 4.11. The Hall–Kier alpha value is -2.92. The van der Waals surface area contributed by atoms with Crippen LogP contribution in [0.2, 0.25) is 0 Å². The highest BCUT2D eigenvalue weighted by atomic mass is 32.1. The largest absolute Gasteiger partial charge is 0.455 e. The lowest BCUT2D eigenvalue weighted by molar-refractivity contribution is -0.139. The normalized spacial score (nSPS) is 11.5. The molecular formula is C23H30N4O3S. The van der Waals surface area contributed by atoms with E-state index in [1.807, 2.05) is 32.9 Å². The van der Waals surface area contributed by atoms with E-state index in [0.29, 0.717) is 23.3 Å². The number of nitrogens with zero attached hydrogens (tertiary/aromatic N) is 4. The number of hydrogen-bond donors (Lipinski definition) is 0. The van der Waals surface area contributed by atoms with Crippen LogP contribution in [0.1, 0.15) is 56.8 Å². The van der Waals surface area contributed by atoms with Crippen molar-refractivity contribution in [2.45, 2.75) is 61.1 Å². The Bertz CT molecular complexity index is 1010. The summed E-state index contributed by atoms with van der Waals surface area (Å²) in [5, 5.41) is 11.8. The summed E-state index contributed by atoms with van der Waals surface area (Å²) in [5.74, 6) is -0.194. The third-order valence-corrected chi connectivity index (χ3v) is 5.91. The van der Waals surface area contributed by atoms with Crippen molar-refractivity contribution in [1.29, 1.82) is 5.26 Å². The summed E-state index contributed by atoms with van der Waals surface area (Å²) in [7, 11) is 0. The van der Waals surface area contributed by atoms with E-state index in [0.717, 1.165) is 29.9 Å². The third-order valence-electron chi connectivity index (χ3n) is 5.00. The third kappa shape index (κ3) is 6.28. The Morgan fingerprint density at radius 2 is 2.10 bits per heavy atom. The minimum Gasteiger partial charge on any atom is -0.455 e. The molecule has 0 aliphatic rings. The highest BCUT2D eigenvalue weighted by molar-refractivity contribution is 7.14. The van der Waals surface area contributed by atoms with Crippen molar-refractivity contribution < 1.29 is 14.3 Å². The average Bonchev–Trinajstić information content (AvgIpc) is 3.27. The van der Waals surface area contributed by atoms with Crippen LogP contribution in [0, 0.1) is 31.1 Å². The molecule has 166 valence electrons. The predicted octanol–water partition coefficient (Wildman–Crippen LogP) is 4.63. The van der Waals surface area contributed by atoms with Gasteiger partial charge < -0.3 is 9.30 Å². The van der Waals surface area contributed by atoms with Crippen LogP contribution in [0.3, 0.4) is 0 Å². The molecule has 2 aromatic heterocycles. The lowest BCUT2D eigenvalue weighted by Gasteiger charge is -2.14. The van der Waals surface area contributed by atoms with Gasteiger partial charge in [0.2, 0.25) is 5.91 Å². The van der Waals surface area contributed by atoms with E-state index in [-0.39, 0.29) is 18.1 Å². The molecule has 0 fully saturated rings. The van der Waals surface area contributed by atoms with Gasteiger partial charge in [-0.1, -0.05) is 13.8 Å². The van der Waals surface area contributed by atoms with Gasteiger partial charge in [-0.25, -0.2) is 9.78 Å². The summed E-state index contributed by atoms with van der Waals surface area (Å²) in [4.78, 5) is 30.0. The Morgan fingerprint density at radius 1 is 1.39 bits per heavy atom. The summed E-state index contributed by atoms with van der Waals surface area (Å²) in [6, 6.07) is 3.93. The van der Waals surface area contributed by atoms with E-state index in [2.05, 4.69) is 23.4 Å². The summed E-state index contributed by atoms with van der Waals surface area (Å²) in [5.41, 5.74) is 3.43. The van der Waals surface area contributed by atoms with Crippen molar-refractivity contribution in [2.24, 2.45) is 5.92 Å². The molecule has 2 rings (SSSR count). The van der Waals surface area contributed by atoms with E-state index < -0.39 is 5.97 Å². The number of rotatable bonds is 9. The molecule has 0 spiro atoms. The lowest BCUT2D eigenvalue weighted by atomic mass is 10.1. The highest BCUT2D eigenvalue weighted by Crippen LogP contribution is 2.22. The minimum absolute atomic E-state index is 0.0570. The van der Waals surface area contributed by atoms with Crippen LogP contribution in [0.25, 0.3) is 6.08 Å². The fourth-order valence-electron chi connectivity index (χ4n) is 3.19. The van der Waals surface area contributed by atoms with Gasteiger partial charge in [-0.3, -0.25) is 9.69 Å². The number of aryl methyl sites for hydroxylation is 1. The van der Waals surface area contributed by atoms with E-state index in [1.165, 1.54) is 18.3 Å². The maximum absolute atomic E-state index is 12.5. The number of ether oxygens (including phenoxy) is 1. The SMILES string of the molecule is CCN(C(C)=O)c1nc(COC(=O)/C(C#N)=C/c2cc(C)n(CCC(C)C)c2C)cs1. The molecule has 0 aliphatic carbocycles. The highest BCUT2D eigenvalue weighted by Gasteiger charge is 2.17. The number of anilines is 1. The first kappa shape index (κ1) is 24.4. The summed E-state index contributed by atoms with van der Waals surface area (Å²) in [6.45, 7) is 13.1. The van der Waals surface area contributed by atoms with Gasteiger partial charge in [0.05, 0.1) is 5.69 Å². The number of aromatic nitrogens is 2. The maximum Gasteiger partial charge on any atom is 0.349 e. The first-order chi connectivity index (χ1) is 14.7. The molecule has 0 bridgehead atoms. The summed E-state index contributed by atoms with van der Waals surface area (Å²) in [6.07, 6.45) is 2.64. The van der Waals surface area contributed by atoms with Crippen LogP contribution >= 0.6 is 11.3 Å². The molecule has 0 aliphatic heterocycles. The Balaban J connectivity index is 2.10. The van der Waals surface area contributed by atoms with Crippen LogP contribution < -0.4 is 4.90 Å². The number of amides is 1. The smallest absolute Gasteiger partial charge is 0.349 e. The summed E-state index contributed by atoms with van der Waals surface area (Å²) < 4.78 is 7.51. The minimum atomic E-state index is -0.692. The Morgan fingerprint density at radius 3 is 2.68 bits per heavy atom. The molecule has 2 heterocycles. The zero-order chi connectivity index (χ0) is 23.1. The number of carbonyl (C=O) groups is 2. The van der Waals surface area contributed by atoms with Crippen LogP contribution in [-0.2, 0) is 27.5 Å². The van der Waals surface area contributed by atoms with Crippen LogP contribution in [0.15, 0.2) is 17.0 Å². The van der Waals surface area contributed by atoms with Gasteiger partial charge in [0.15, 0.2) is 5.13 Å². The molecule has 0 radical (unpaired) electrons. The standard InChI is InChI=1S/C23H30N4O3S/c1-7-26(18(6)28)23-25-21(14-31-23)13-30-22(29)20(12-24)11-19-10-16(4)27(17(19)5)9-8-15(2)3/h10-11,14-15H,7-9,13H2,1-6H3/b20-11+. The zero-order valence-corrected chi connectivity index (χ0v) is 19.9. The van der Waals surface area contributed by atoms with Crippen LogP contribution in [-0.4, -0.2) is 28.0 Å². The molecule has 31 heavy (non-hydrogen) atoms. The van der Waals surface area contributed by atoms with Crippen molar-refractivity contribution >= 4 is 34.4 Å². The Kier molecular flexibility index (Phi) is 8.57. The topological polar surface area (TPSA) is 88.2 Å². The van der Waals surface area contributed by atoms with Crippen LogP contribution in [0.5, 0.6) is 0 Å². The first-order valence-electron chi connectivity index (χ1n) is 10.4. The quantitative estimate of drug-likeness (QED) is 0.321. The number of thiazole rings is 1. The second-order valence-corrected chi connectivity index (χ2v) is 8.63. The second kappa shape index (κ2) is 10.9. The van der Waals surface area contributed by atoms with E-state index in [9.17, 15) is 14.9 Å². The number of carbonyl (C=O) groups excluding carboxylic acids is 2. The molecule has 8 heteroatoms. The van der Waals surface area contributed by atoms with Gasteiger partial charge in [0.1, 0.15) is 18.2 Å². The second-order valence-electron chi connectivity index (χ2n) is 7.79. The van der Waals surface area contributed by atoms with Gasteiger partial charge in [0, 0.05) is 36.8 Å². The van der Waals surface area contributed by atoms with Gasteiger partial charge in [-0.05, 0) is 50.8 Å². The Labute approximate surface area is 188 Å². The maximum atomic E-state index is 12.5. The first-order valence-corrected chi connectivity index (χ1v) is 11.2. The predicted molar refractivity (Wildman–Crippen MR) is 123 cm³/mol. The fraction of sp³-hybridized carbons (Fsp3) is 0.478. The molecule has 0 saturated carbocycles. The number of esters is 1. The van der Waals surface area contributed by atoms with Crippen molar-refractivity contribution in [3.63, 3.8) is 0 Å². The van der Waals surface area contributed by atoms with E-state index >= 15 is 0 Å². The molecule has 1 amide bonds. The van der Waals surface area contributed by atoms with Crippen molar-refractivity contribution in [2.75, 3.05) is 11.4 Å². The molecule has 7 nitrogen and oxygen atoms in total. The molecule has 2 aromatic rings. The van der Waals surface area contributed by atoms with Crippen molar-refractivity contribution in [3.05, 3.63) is 39.7 Å². The molecule has 0 saturated heterocycles. The molecule has 0 atom stereocenters. The monoisotopic (exact) mass is 442 g/mol.